The number of amides is 1. The quantitative estimate of drug-likeness (QED) is 0.584. The summed E-state index contributed by atoms with van der Waals surface area (Å²) in [6.07, 6.45) is 0. The predicted molar refractivity (Wildman–Crippen MR) is 45.7 cm³/mol. The van der Waals surface area contributed by atoms with Gasteiger partial charge in [0.15, 0.2) is 0 Å². The Morgan fingerprint density at radius 1 is 1.42 bits per heavy atom. The van der Waals surface area contributed by atoms with E-state index in [1.165, 1.54) is 0 Å². The normalized spacial score (nSPS) is 19.4. The van der Waals surface area contributed by atoms with Crippen molar-refractivity contribution >= 4 is 5.91 Å². The topological polar surface area (TPSA) is 55.6 Å². The van der Waals surface area contributed by atoms with Crippen molar-refractivity contribution in [3.05, 3.63) is 0 Å². The molecule has 0 aromatic rings. The van der Waals surface area contributed by atoms with Gasteiger partial charge in [-0.1, -0.05) is 0 Å². The van der Waals surface area contributed by atoms with Gasteiger partial charge in [0.1, 0.15) is 0 Å². The minimum Gasteiger partial charge on any atom is -0.378 e. The van der Waals surface area contributed by atoms with Gasteiger partial charge >= 0.3 is 0 Å². The third-order valence-corrected chi connectivity index (χ3v) is 1.85. The van der Waals surface area contributed by atoms with E-state index < -0.39 is 5.54 Å². The van der Waals surface area contributed by atoms with Crippen molar-refractivity contribution in [2.45, 2.75) is 19.4 Å². The number of nitrogens with zero attached hydrogens (tertiary/aromatic N) is 1. The van der Waals surface area contributed by atoms with E-state index in [-0.39, 0.29) is 5.91 Å². The molecule has 12 heavy (non-hydrogen) atoms. The first kappa shape index (κ1) is 9.48. The van der Waals surface area contributed by atoms with Crippen molar-refractivity contribution in [1.29, 1.82) is 0 Å². The lowest BCUT2D eigenvalue weighted by Gasteiger charge is -2.32. The summed E-state index contributed by atoms with van der Waals surface area (Å²) in [4.78, 5) is 13.3. The zero-order chi connectivity index (χ0) is 9.19. The van der Waals surface area contributed by atoms with Crippen LogP contribution in [0.15, 0.2) is 0 Å². The maximum atomic E-state index is 11.6. The van der Waals surface area contributed by atoms with Gasteiger partial charge in [-0.2, -0.15) is 0 Å². The van der Waals surface area contributed by atoms with Crippen molar-refractivity contribution in [2.75, 3.05) is 26.3 Å². The summed E-state index contributed by atoms with van der Waals surface area (Å²) in [5, 5.41) is 0. The smallest absolute Gasteiger partial charge is 0.242 e. The first-order valence-corrected chi connectivity index (χ1v) is 4.18. The Labute approximate surface area is 72.7 Å². The lowest BCUT2D eigenvalue weighted by molar-refractivity contribution is -0.139. The Bertz CT molecular complexity index is 168. The molecule has 1 aliphatic heterocycles. The number of carbonyl (C=O) groups is 1. The fourth-order valence-corrected chi connectivity index (χ4v) is 1.17. The van der Waals surface area contributed by atoms with E-state index in [0.717, 1.165) is 0 Å². The Morgan fingerprint density at radius 2 is 1.92 bits per heavy atom. The maximum absolute atomic E-state index is 11.6. The maximum Gasteiger partial charge on any atom is 0.242 e. The highest BCUT2D eigenvalue weighted by atomic mass is 16.5. The molecule has 0 aliphatic carbocycles. The molecular formula is C8H16N2O2. The summed E-state index contributed by atoms with van der Waals surface area (Å²) in [6, 6.07) is 0. The van der Waals surface area contributed by atoms with Crippen LogP contribution in [0.5, 0.6) is 0 Å². The minimum absolute atomic E-state index is 0.00537. The van der Waals surface area contributed by atoms with Crippen molar-refractivity contribution in [2.24, 2.45) is 5.73 Å². The molecule has 1 aliphatic rings. The highest BCUT2D eigenvalue weighted by Crippen LogP contribution is 2.06. The second kappa shape index (κ2) is 3.41. The van der Waals surface area contributed by atoms with Gasteiger partial charge in [-0.05, 0) is 13.8 Å². The first-order valence-electron chi connectivity index (χ1n) is 4.18. The summed E-state index contributed by atoms with van der Waals surface area (Å²) in [5.74, 6) is 0.00537. The van der Waals surface area contributed by atoms with Crippen molar-refractivity contribution in [1.82, 2.24) is 4.90 Å². The van der Waals surface area contributed by atoms with Gasteiger partial charge in [-0.3, -0.25) is 4.79 Å². The van der Waals surface area contributed by atoms with Crippen LogP contribution >= 0.6 is 0 Å². The van der Waals surface area contributed by atoms with Crippen molar-refractivity contribution < 1.29 is 9.53 Å². The molecule has 0 unspecified atom stereocenters. The van der Waals surface area contributed by atoms with Crippen LogP contribution in [0, 0.1) is 0 Å². The van der Waals surface area contributed by atoms with Gasteiger partial charge in [0.25, 0.3) is 0 Å². The molecular weight excluding hydrogens is 156 g/mol. The molecule has 4 heteroatoms. The molecule has 0 aromatic heterocycles. The molecule has 70 valence electrons. The first-order chi connectivity index (χ1) is 5.52. The van der Waals surface area contributed by atoms with Gasteiger partial charge in [-0.25, -0.2) is 0 Å². The number of nitrogens with two attached hydrogens (primary N) is 1. The molecule has 1 rings (SSSR count). The van der Waals surface area contributed by atoms with E-state index in [4.69, 9.17) is 10.5 Å². The molecule has 1 saturated heterocycles. The van der Waals surface area contributed by atoms with Crippen LogP contribution < -0.4 is 5.73 Å². The number of ether oxygens (including phenoxy) is 1. The molecule has 0 bridgehead atoms. The van der Waals surface area contributed by atoms with Crippen LogP contribution in [0.3, 0.4) is 0 Å². The largest absolute Gasteiger partial charge is 0.378 e. The summed E-state index contributed by atoms with van der Waals surface area (Å²) in [7, 11) is 0. The van der Waals surface area contributed by atoms with Crippen LogP contribution in [0.2, 0.25) is 0 Å². The fourth-order valence-electron chi connectivity index (χ4n) is 1.17. The van der Waals surface area contributed by atoms with Crippen LogP contribution in [0.4, 0.5) is 0 Å². The average molecular weight is 172 g/mol. The van der Waals surface area contributed by atoms with E-state index >= 15 is 0 Å². The molecule has 0 spiro atoms. The standard InChI is InChI=1S/C8H16N2O2/c1-8(2,9)7(11)10-3-5-12-6-4-10/h3-6,9H2,1-2H3. The number of carbonyl (C=O) groups excluding carboxylic acids is 1. The third kappa shape index (κ3) is 2.19. The molecule has 2 N–H and O–H groups in total. The van der Waals surface area contributed by atoms with E-state index in [1.54, 1.807) is 18.7 Å². The summed E-state index contributed by atoms with van der Waals surface area (Å²) in [5.41, 5.74) is 4.93. The summed E-state index contributed by atoms with van der Waals surface area (Å²) in [6.45, 7) is 6.04. The Hall–Kier alpha value is -0.610. The highest BCUT2D eigenvalue weighted by Gasteiger charge is 2.28. The van der Waals surface area contributed by atoms with Crippen LogP contribution in [-0.2, 0) is 9.53 Å². The summed E-state index contributed by atoms with van der Waals surface area (Å²) < 4.78 is 5.13. The zero-order valence-corrected chi connectivity index (χ0v) is 7.67. The van der Waals surface area contributed by atoms with Gasteiger partial charge in [-0.15, -0.1) is 0 Å². The molecule has 0 aromatic carbocycles. The fraction of sp³-hybridized carbons (Fsp3) is 0.875. The SMILES string of the molecule is CC(C)(N)C(=O)N1CCOCC1. The minimum atomic E-state index is -0.753. The zero-order valence-electron chi connectivity index (χ0n) is 7.67. The van der Waals surface area contributed by atoms with Crippen LogP contribution in [0.1, 0.15) is 13.8 Å². The molecule has 1 amide bonds. The molecule has 0 radical (unpaired) electrons. The van der Waals surface area contributed by atoms with Crippen LogP contribution in [0.25, 0.3) is 0 Å². The monoisotopic (exact) mass is 172 g/mol. The molecule has 1 fully saturated rings. The van der Waals surface area contributed by atoms with E-state index in [2.05, 4.69) is 0 Å². The lowest BCUT2D eigenvalue weighted by Crippen LogP contribution is -2.54. The van der Waals surface area contributed by atoms with Crippen molar-refractivity contribution in [3.63, 3.8) is 0 Å². The lowest BCUT2D eigenvalue weighted by atomic mass is 10.1. The Morgan fingerprint density at radius 3 is 2.33 bits per heavy atom. The number of hydrogen-bond acceptors (Lipinski definition) is 3. The van der Waals surface area contributed by atoms with E-state index in [1.807, 2.05) is 0 Å². The number of morpholine rings is 1. The van der Waals surface area contributed by atoms with Gasteiger partial charge < -0.3 is 15.4 Å². The van der Waals surface area contributed by atoms with E-state index in [0.29, 0.717) is 26.3 Å². The molecule has 0 atom stereocenters. The third-order valence-electron chi connectivity index (χ3n) is 1.85. The van der Waals surface area contributed by atoms with E-state index in [9.17, 15) is 4.79 Å². The molecule has 1 heterocycles. The van der Waals surface area contributed by atoms with Crippen molar-refractivity contribution in [3.8, 4) is 0 Å². The van der Waals surface area contributed by atoms with Gasteiger partial charge in [0.2, 0.25) is 5.91 Å². The second-order valence-corrected chi connectivity index (χ2v) is 3.63. The Balaban J connectivity index is 2.51. The number of hydrogen-bond donors (Lipinski definition) is 1. The molecule has 4 nitrogen and oxygen atoms in total. The predicted octanol–water partition coefficient (Wildman–Crippen LogP) is -0.417. The van der Waals surface area contributed by atoms with Gasteiger partial charge in [0, 0.05) is 13.1 Å². The molecule has 0 saturated carbocycles. The van der Waals surface area contributed by atoms with Gasteiger partial charge in [0.05, 0.1) is 18.8 Å². The number of rotatable bonds is 1. The van der Waals surface area contributed by atoms with Crippen LogP contribution in [-0.4, -0.2) is 42.6 Å². The summed E-state index contributed by atoms with van der Waals surface area (Å²) >= 11 is 0. The highest BCUT2D eigenvalue weighted by molar-refractivity contribution is 5.85. The Kier molecular flexibility index (Phi) is 2.69. The average Bonchev–Trinajstić information content (AvgIpc) is 2.03. The second-order valence-electron chi connectivity index (χ2n) is 3.63.